The predicted molar refractivity (Wildman–Crippen MR) is 152 cm³/mol. The van der Waals surface area contributed by atoms with Crippen LogP contribution in [0.2, 0.25) is 5.02 Å². The van der Waals surface area contributed by atoms with Crippen LogP contribution in [-0.2, 0) is 13.0 Å². The highest BCUT2D eigenvalue weighted by atomic mass is 35.5. The van der Waals surface area contributed by atoms with Gasteiger partial charge in [0.05, 0.1) is 23.4 Å². The molecule has 0 saturated carbocycles. The van der Waals surface area contributed by atoms with Crippen molar-refractivity contribution in [3.05, 3.63) is 58.8 Å². The molecule has 2 fully saturated rings. The van der Waals surface area contributed by atoms with Gasteiger partial charge in [-0.1, -0.05) is 23.4 Å². The summed E-state index contributed by atoms with van der Waals surface area (Å²) in [5, 5.41) is 21.7. The largest absolute Gasteiger partial charge is 0.390 e. The number of nitrogens with zero attached hydrogens (tertiary/aromatic N) is 6. The molecule has 1 spiro atoms. The molecule has 1 atom stereocenters. The number of anilines is 2. The number of nitrogens with two attached hydrogens (primary N) is 1. The van der Waals surface area contributed by atoms with Crippen LogP contribution < -0.4 is 15.5 Å². The molecule has 6 rings (SSSR count). The maximum atomic E-state index is 10.3. The van der Waals surface area contributed by atoms with E-state index < -0.39 is 5.60 Å². The van der Waals surface area contributed by atoms with Gasteiger partial charge in [-0.15, -0.1) is 0 Å². The van der Waals surface area contributed by atoms with Gasteiger partial charge in [-0.2, -0.15) is 0 Å². The minimum Gasteiger partial charge on any atom is -0.390 e. The first-order valence-corrected chi connectivity index (χ1v) is 14.6. The third-order valence-electron chi connectivity index (χ3n) is 8.72. The second kappa shape index (κ2) is 10.2. The van der Waals surface area contributed by atoms with Crippen molar-refractivity contribution in [1.29, 1.82) is 0 Å². The van der Waals surface area contributed by atoms with Crippen LogP contribution in [0.5, 0.6) is 0 Å². The quantitative estimate of drug-likeness (QED) is 0.407. The van der Waals surface area contributed by atoms with Crippen LogP contribution in [-0.4, -0.2) is 61.9 Å². The lowest BCUT2D eigenvalue weighted by molar-refractivity contribution is 0.00438. The van der Waals surface area contributed by atoms with E-state index in [0.29, 0.717) is 34.6 Å². The third kappa shape index (κ3) is 4.86. The summed E-state index contributed by atoms with van der Waals surface area (Å²) in [6.07, 6.45) is 10.1. The summed E-state index contributed by atoms with van der Waals surface area (Å²) < 4.78 is 0. The number of pyridine rings is 2. The summed E-state index contributed by atoms with van der Waals surface area (Å²) in [4.78, 5) is 23.4. The lowest BCUT2D eigenvalue weighted by atomic mass is 9.73. The van der Waals surface area contributed by atoms with Crippen LogP contribution in [0.1, 0.15) is 49.6 Å². The van der Waals surface area contributed by atoms with E-state index in [1.54, 1.807) is 12.4 Å². The number of aromatic nitrogens is 4. The van der Waals surface area contributed by atoms with Crippen LogP contribution in [0, 0.1) is 11.3 Å². The Kier molecular flexibility index (Phi) is 6.96. The SMILES string of the molecule is CC(C)(O)C1CN(c2nccc(Sc3cnc(N4CCC5(CC4)Cc4cnccc4[C@H]5N)c(CO)n3)c2Cl)C1. The Hall–Kier alpha value is -2.50. The Morgan fingerprint density at radius 1 is 1.10 bits per heavy atom. The van der Waals surface area contributed by atoms with Gasteiger partial charge < -0.3 is 25.7 Å². The van der Waals surface area contributed by atoms with Gasteiger partial charge in [0.1, 0.15) is 16.5 Å². The first-order valence-electron chi connectivity index (χ1n) is 13.4. The molecule has 206 valence electrons. The average molecular weight is 568 g/mol. The number of aliphatic hydroxyl groups excluding tert-OH is 1. The zero-order valence-electron chi connectivity index (χ0n) is 22.2. The van der Waals surface area contributed by atoms with Crippen molar-refractivity contribution >= 4 is 35.0 Å². The second-order valence-corrected chi connectivity index (χ2v) is 13.0. The van der Waals surface area contributed by atoms with Crippen LogP contribution in [0.3, 0.4) is 0 Å². The van der Waals surface area contributed by atoms with Crippen LogP contribution in [0.4, 0.5) is 11.6 Å². The summed E-state index contributed by atoms with van der Waals surface area (Å²) in [6.45, 7) is 6.50. The van der Waals surface area contributed by atoms with Gasteiger partial charge >= 0.3 is 0 Å². The van der Waals surface area contributed by atoms with Gasteiger partial charge in [0.25, 0.3) is 0 Å². The number of hydrogen-bond acceptors (Lipinski definition) is 10. The molecule has 11 heteroatoms. The Bertz CT molecular complexity index is 1370. The fraction of sp³-hybridized carbons (Fsp3) is 0.500. The molecule has 2 saturated heterocycles. The van der Waals surface area contributed by atoms with Gasteiger partial charge in [0.15, 0.2) is 5.82 Å². The molecule has 3 aromatic rings. The molecular weight excluding hydrogens is 534 g/mol. The monoisotopic (exact) mass is 567 g/mol. The smallest absolute Gasteiger partial charge is 0.152 e. The van der Waals surface area contributed by atoms with Crippen LogP contribution in [0.25, 0.3) is 0 Å². The molecule has 3 aromatic heterocycles. The lowest BCUT2D eigenvalue weighted by Crippen LogP contribution is -2.56. The van der Waals surface area contributed by atoms with Crippen molar-refractivity contribution in [1.82, 2.24) is 19.9 Å². The van der Waals surface area contributed by atoms with E-state index in [4.69, 9.17) is 27.3 Å². The first-order chi connectivity index (χ1) is 18.7. The molecule has 0 radical (unpaired) electrons. The van der Waals surface area contributed by atoms with E-state index in [-0.39, 0.29) is 24.0 Å². The fourth-order valence-corrected chi connectivity index (χ4v) is 7.25. The minimum absolute atomic E-state index is 0.0205. The molecule has 0 bridgehead atoms. The number of piperidine rings is 1. The summed E-state index contributed by atoms with van der Waals surface area (Å²) in [6, 6.07) is 3.94. The molecule has 9 nitrogen and oxygen atoms in total. The molecule has 0 amide bonds. The van der Waals surface area contributed by atoms with Crippen molar-refractivity contribution in [2.75, 3.05) is 36.0 Å². The highest BCUT2D eigenvalue weighted by molar-refractivity contribution is 7.99. The Morgan fingerprint density at radius 3 is 2.56 bits per heavy atom. The zero-order valence-corrected chi connectivity index (χ0v) is 23.8. The topological polar surface area (TPSA) is 125 Å². The van der Waals surface area contributed by atoms with Crippen LogP contribution in [0.15, 0.2) is 46.8 Å². The van der Waals surface area contributed by atoms with Gasteiger partial charge in [0.2, 0.25) is 0 Å². The van der Waals surface area contributed by atoms with E-state index in [0.717, 1.165) is 43.1 Å². The van der Waals surface area contributed by atoms with Gasteiger partial charge in [-0.3, -0.25) is 4.98 Å². The molecular formula is C28H34ClN7O2S. The fourth-order valence-electron chi connectivity index (χ4n) is 6.11. The number of aliphatic hydroxyl groups is 2. The number of hydrogen-bond donors (Lipinski definition) is 3. The lowest BCUT2D eigenvalue weighted by Gasteiger charge is -2.46. The molecule has 3 aliphatic rings. The number of halogens is 1. The Balaban J connectivity index is 1.14. The molecule has 0 aromatic carbocycles. The summed E-state index contributed by atoms with van der Waals surface area (Å²) in [7, 11) is 0. The number of rotatable bonds is 6. The number of fused-ring (bicyclic) bond motifs is 1. The van der Waals surface area contributed by atoms with Crippen molar-refractivity contribution in [2.45, 2.75) is 61.3 Å². The van der Waals surface area contributed by atoms with E-state index in [1.807, 2.05) is 32.3 Å². The first kappa shape index (κ1) is 26.7. The third-order valence-corrected chi connectivity index (χ3v) is 10.2. The summed E-state index contributed by atoms with van der Waals surface area (Å²) in [5.41, 5.74) is 9.08. The van der Waals surface area contributed by atoms with E-state index in [1.165, 1.54) is 22.9 Å². The maximum Gasteiger partial charge on any atom is 0.152 e. The molecule has 0 unspecified atom stereocenters. The molecule has 5 heterocycles. The molecule has 4 N–H and O–H groups in total. The second-order valence-electron chi connectivity index (χ2n) is 11.5. The minimum atomic E-state index is -0.728. The normalized spacial score (nSPS) is 20.8. The Morgan fingerprint density at radius 2 is 1.87 bits per heavy atom. The Labute approximate surface area is 237 Å². The maximum absolute atomic E-state index is 10.3. The summed E-state index contributed by atoms with van der Waals surface area (Å²) >= 11 is 8.16. The highest BCUT2D eigenvalue weighted by Crippen LogP contribution is 2.51. The van der Waals surface area contributed by atoms with Crippen molar-refractivity contribution in [3.8, 4) is 0 Å². The predicted octanol–water partition coefficient (Wildman–Crippen LogP) is 3.61. The van der Waals surface area contributed by atoms with Gasteiger partial charge in [0, 0.05) is 61.6 Å². The van der Waals surface area contributed by atoms with E-state index >= 15 is 0 Å². The average Bonchev–Trinajstić information content (AvgIpc) is 3.16. The van der Waals surface area contributed by atoms with E-state index in [2.05, 4.69) is 25.8 Å². The molecule has 39 heavy (non-hydrogen) atoms. The molecule has 1 aliphatic carbocycles. The highest BCUT2D eigenvalue weighted by Gasteiger charge is 2.46. The van der Waals surface area contributed by atoms with Gasteiger partial charge in [-0.25, -0.2) is 15.0 Å². The van der Waals surface area contributed by atoms with Crippen molar-refractivity contribution in [3.63, 3.8) is 0 Å². The van der Waals surface area contributed by atoms with Gasteiger partial charge in [-0.05, 0) is 61.8 Å². The van der Waals surface area contributed by atoms with Crippen molar-refractivity contribution < 1.29 is 10.2 Å². The van der Waals surface area contributed by atoms with Crippen LogP contribution >= 0.6 is 23.4 Å². The molecule has 2 aliphatic heterocycles. The van der Waals surface area contributed by atoms with Crippen molar-refractivity contribution in [2.24, 2.45) is 17.1 Å². The summed E-state index contributed by atoms with van der Waals surface area (Å²) in [5.74, 6) is 1.61. The standard InChI is InChI=1S/C28H34ClN7O2S/c1-27(2,38)18-14-36(15-18)26-23(29)21(4-8-32-26)39-22-13-33-25(20(16-37)34-22)35-9-5-28(6-10-35)11-17-12-31-7-3-19(17)24(28)30/h3-4,7-8,12-13,18,24,37-38H,5-6,9-11,14-16,30H2,1-2H3/t24-/m1/s1. The zero-order chi connectivity index (χ0) is 27.4. The van der Waals surface area contributed by atoms with E-state index in [9.17, 15) is 10.2 Å².